The molecule has 23 heavy (non-hydrogen) atoms. The highest BCUT2D eigenvalue weighted by Crippen LogP contribution is 2.35. The first-order valence-electron chi connectivity index (χ1n) is 7.76. The van der Waals surface area contributed by atoms with Crippen LogP contribution >= 0.6 is 0 Å². The molecule has 0 unspecified atom stereocenters. The van der Waals surface area contributed by atoms with Crippen LogP contribution in [0, 0.1) is 18.3 Å². The molecule has 1 aromatic heterocycles. The molecule has 0 N–H and O–H groups in total. The van der Waals surface area contributed by atoms with Crippen molar-refractivity contribution in [2.45, 2.75) is 25.3 Å². The van der Waals surface area contributed by atoms with Gasteiger partial charge in [0.1, 0.15) is 11.2 Å². The van der Waals surface area contributed by atoms with E-state index < -0.39 is 5.41 Å². The van der Waals surface area contributed by atoms with Crippen molar-refractivity contribution in [2.75, 3.05) is 0 Å². The average Bonchev–Trinajstić information content (AvgIpc) is 3.03. The van der Waals surface area contributed by atoms with Crippen LogP contribution in [0.1, 0.15) is 23.4 Å². The zero-order valence-electron chi connectivity index (χ0n) is 13.2. The minimum Gasteiger partial charge on any atom is -0.335 e. The molecule has 3 nitrogen and oxygen atoms in total. The van der Waals surface area contributed by atoms with E-state index in [0.717, 1.165) is 23.5 Å². The largest absolute Gasteiger partial charge is 0.335 e. The molecule has 0 aliphatic rings. The van der Waals surface area contributed by atoms with Crippen LogP contribution in [0.2, 0.25) is 0 Å². The van der Waals surface area contributed by atoms with Crippen molar-refractivity contribution in [2.24, 2.45) is 0 Å². The Morgan fingerprint density at radius 1 is 1.00 bits per heavy atom. The first-order valence-corrected chi connectivity index (χ1v) is 7.76. The summed E-state index contributed by atoms with van der Waals surface area (Å²) < 4.78 is 2.10. The van der Waals surface area contributed by atoms with Crippen LogP contribution in [0.5, 0.6) is 0 Å². The van der Waals surface area contributed by atoms with Crippen molar-refractivity contribution >= 4 is 0 Å². The van der Waals surface area contributed by atoms with Crippen LogP contribution in [-0.4, -0.2) is 9.55 Å². The molecule has 0 saturated carbocycles. The van der Waals surface area contributed by atoms with Gasteiger partial charge in [0, 0.05) is 18.9 Å². The number of aryl methyl sites for hydroxylation is 2. The Bertz CT molecular complexity index is 758. The maximum Gasteiger partial charge on any atom is 0.109 e. The van der Waals surface area contributed by atoms with Gasteiger partial charge in [-0.05, 0) is 24.5 Å². The quantitative estimate of drug-likeness (QED) is 0.712. The summed E-state index contributed by atoms with van der Waals surface area (Å²) in [5.74, 6) is 0.970. The number of nitriles is 1. The number of imidazole rings is 1. The lowest BCUT2D eigenvalue weighted by Gasteiger charge is -2.28. The molecular formula is C20H19N3. The van der Waals surface area contributed by atoms with Gasteiger partial charge in [-0.1, -0.05) is 60.7 Å². The zero-order valence-corrected chi connectivity index (χ0v) is 13.2. The van der Waals surface area contributed by atoms with Crippen LogP contribution in [-0.2, 0) is 12.0 Å². The van der Waals surface area contributed by atoms with Crippen molar-refractivity contribution in [1.29, 1.82) is 5.26 Å². The summed E-state index contributed by atoms with van der Waals surface area (Å²) in [7, 11) is 0. The molecular weight excluding hydrogens is 282 g/mol. The van der Waals surface area contributed by atoms with E-state index in [2.05, 4.69) is 15.6 Å². The maximum atomic E-state index is 10.1. The van der Waals surface area contributed by atoms with Crippen LogP contribution in [0.25, 0.3) is 0 Å². The smallest absolute Gasteiger partial charge is 0.109 e. The normalized spacial score (nSPS) is 11.1. The number of hydrogen-bond acceptors (Lipinski definition) is 2. The topological polar surface area (TPSA) is 41.6 Å². The number of benzene rings is 2. The molecule has 0 amide bonds. The Hall–Kier alpha value is -2.86. The van der Waals surface area contributed by atoms with Crippen molar-refractivity contribution in [3.05, 3.63) is 90.0 Å². The van der Waals surface area contributed by atoms with Crippen molar-refractivity contribution in [3.8, 4) is 6.07 Å². The van der Waals surface area contributed by atoms with Gasteiger partial charge in [-0.25, -0.2) is 4.98 Å². The molecule has 3 aromatic rings. The van der Waals surface area contributed by atoms with E-state index >= 15 is 0 Å². The van der Waals surface area contributed by atoms with E-state index in [1.165, 1.54) is 0 Å². The van der Waals surface area contributed by atoms with E-state index in [4.69, 9.17) is 0 Å². The second-order valence-electron chi connectivity index (χ2n) is 5.67. The van der Waals surface area contributed by atoms with Gasteiger partial charge in [0.15, 0.2) is 0 Å². The van der Waals surface area contributed by atoms with Crippen molar-refractivity contribution in [1.82, 2.24) is 9.55 Å². The van der Waals surface area contributed by atoms with Gasteiger partial charge in [0.05, 0.1) is 6.07 Å². The first-order chi connectivity index (χ1) is 11.3. The van der Waals surface area contributed by atoms with Gasteiger partial charge in [-0.3, -0.25) is 0 Å². The average molecular weight is 301 g/mol. The van der Waals surface area contributed by atoms with Crippen LogP contribution < -0.4 is 0 Å². The Kier molecular flexibility index (Phi) is 4.25. The minimum absolute atomic E-state index is 0.654. The molecule has 0 saturated heterocycles. The van der Waals surface area contributed by atoms with Crippen molar-refractivity contribution in [3.63, 3.8) is 0 Å². The van der Waals surface area contributed by atoms with E-state index in [0.29, 0.717) is 6.42 Å². The van der Waals surface area contributed by atoms with Crippen LogP contribution in [0.15, 0.2) is 73.1 Å². The van der Waals surface area contributed by atoms with Gasteiger partial charge < -0.3 is 4.57 Å². The summed E-state index contributed by atoms with van der Waals surface area (Å²) in [5.41, 5.74) is 1.41. The molecule has 3 heteroatoms. The second kappa shape index (κ2) is 6.50. The summed E-state index contributed by atoms with van der Waals surface area (Å²) in [6.07, 6.45) is 4.47. The van der Waals surface area contributed by atoms with Gasteiger partial charge in [0.2, 0.25) is 0 Å². The van der Waals surface area contributed by atoms with Crippen molar-refractivity contribution < 1.29 is 0 Å². The van der Waals surface area contributed by atoms with Gasteiger partial charge in [0.25, 0.3) is 0 Å². The molecule has 0 aliphatic carbocycles. The summed E-state index contributed by atoms with van der Waals surface area (Å²) in [4.78, 5) is 4.27. The molecule has 2 aromatic carbocycles. The third-order valence-corrected chi connectivity index (χ3v) is 4.38. The summed E-state index contributed by atoms with van der Waals surface area (Å²) in [5, 5.41) is 10.1. The van der Waals surface area contributed by atoms with E-state index in [9.17, 15) is 5.26 Å². The highest BCUT2D eigenvalue weighted by atomic mass is 15.0. The molecule has 114 valence electrons. The molecule has 0 atom stereocenters. The molecule has 0 bridgehead atoms. The fraction of sp³-hybridized carbons (Fsp3) is 0.200. The Morgan fingerprint density at radius 3 is 2.00 bits per heavy atom. The lowest BCUT2D eigenvalue weighted by molar-refractivity contribution is 0.514. The monoisotopic (exact) mass is 301 g/mol. The molecule has 0 spiro atoms. The highest BCUT2D eigenvalue weighted by Gasteiger charge is 2.34. The third-order valence-electron chi connectivity index (χ3n) is 4.38. The lowest BCUT2D eigenvalue weighted by atomic mass is 9.73. The highest BCUT2D eigenvalue weighted by molar-refractivity contribution is 5.45. The van der Waals surface area contributed by atoms with E-state index in [-0.39, 0.29) is 0 Å². The maximum absolute atomic E-state index is 10.1. The molecule has 1 heterocycles. The standard InChI is InChI=1S/C20H19N3/c1-17-22-13-15-23(17)14-12-20(16-21,18-8-4-2-5-9-18)19-10-6-3-7-11-19/h2-11,13,15H,12,14H2,1H3. The Balaban J connectivity index is 2.03. The summed E-state index contributed by atoms with van der Waals surface area (Å²) in [6, 6.07) is 22.7. The van der Waals surface area contributed by atoms with E-state index in [1.54, 1.807) is 6.20 Å². The fourth-order valence-corrected chi connectivity index (χ4v) is 3.01. The minimum atomic E-state index is -0.654. The number of aromatic nitrogens is 2. The fourth-order valence-electron chi connectivity index (χ4n) is 3.01. The number of nitrogens with zero attached hydrogens (tertiary/aromatic N) is 3. The summed E-state index contributed by atoms with van der Waals surface area (Å²) in [6.45, 7) is 2.74. The zero-order chi connectivity index (χ0) is 16.1. The van der Waals surface area contributed by atoms with Gasteiger partial charge >= 0.3 is 0 Å². The second-order valence-corrected chi connectivity index (χ2v) is 5.67. The van der Waals surface area contributed by atoms with Crippen LogP contribution in [0.3, 0.4) is 0 Å². The SMILES string of the molecule is Cc1nccn1CCC(C#N)(c1ccccc1)c1ccccc1. The Morgan fingerprint density at radius 2 is 1.57 bits per heavy atom. The first kappa shape index (κ1) is 15.1. The summed E-state index contributed by atoms with van der Waals surface area (Å²) >= 11 is 0. The number of rotatable bonds is 5. The molecule has 0 aliphatic heterocycles. The number of hydrogen-bond donors (Lipinski definition) is 0. The van der Waals surface area contributed by atoms with Crippen LogP contribution in [0.4, 0.5) is 0 Å². The predicted molar refractivity (Wildman–Crippen MR) is 90.9 cm³/mol. The van der Waals surface area contributed by atoms with Gasteiger partial charge in [-0.15, -0.1) is 0 Å². The molecule has 3 rings (SSSR count). The molecule has 0 radical (unpaired) electrons. The predicted octanol–water partition coefficient (Wildman–Crippen LogP) is 4.09. The molecule has 0 fully saturated rings. The Labute approximate surface area is 136 Å². The van der Waals surface area contributed by atoms with Gasteiger partial charge in [-0.2, -0.15) is 5.26 Å². The lowest BCUT2D eigenvalue weighted by Crippen LogP contribution is -2.27. The third kappa shape index (κ3) is 2.89. The van der Waals surface area contributed by atoms with E-state index in [1.807, 2.05) is 73.8 Å².